The lowest BCUT2D eigenvalue weighted by molar-refractivity contribution is 0.0697. The predicted octanol–water partition coefficient (Wildman–Crippen LogP) is 3.73. The molecule has 31 heavy (non-hydrogen) atoms. The number of carboxylic acids is 1. The fourth-order valence-corrected chi connectivity index (χ4v) is 3.65. The minimum absolute atomic E-state index is 0.0609. The second-order valence-electron chi connectivity index (χ2n) is 7.37. The lowest BCUT2D eigenvalue weighted by Gasteiger charge is -2.38. The van der Waals surface area contributed by atoms with Crippen LogP contribution in [0.2, 0.25) is 0 Å². The molecule has 0 atom stereocenters. The molecule has 1 aromatic heterocycles. The number of hydrogen-bond acceptors (Lipinski definition) is 4. The first-order valence-electron chi connectivity index (χ1n) is 10.2. The van der Waals surface area contributed by atoms with Crippen LogP contribution in [-0.2, 0) is 6.54 Å². The number of hydrogen-bond donors (Lipinski definition) is 1. The van der Waals surface area contributed by atoms with Crippen LogP contribution in [0.4, 0.5) is 16.3 Å². The van der Waals surface area contributed by atoms with Crippen LogP contribution in [0.5, 0.6) is 0 Å². The molecule has 0 aliphatic carbocycles. The maximum absolute atomic E-state index is 13.4. The number of aromatic nitrogens is 1. The van der Waals surface area contributed by atoms with Crippen molar-refractivity contribution in [2.24, 2.45) is 0 Å². The van der Waals surface area contributed by atoms with Gasteiger partial charge in [-0.3, -0.25) is 4.90 Å². The number of anilines is 2. The predicted molar refractivity (Wildman–Crippen MR) is 119 cm³/mol. The van der Waals surface area contributed by atoms with Crippen molar-refractivity contribution in [3.05, 3.63) is 90.1 Å². The van der Waals surface area contributed by atoms with Crippen molar-refractivity contribution in [3.8, 4) is 0 Å². The average Bonchev–Trinajstić information content (AvgIpc) is 2.83. The van der Waals surface area contributed by atoms with Gasteiger partial charge in [-0.15, -0.1) is 0 Å². The molecule has 1 saturated heterocycles. The highest BCUT2D eigenvalue weighted by molar-refractivity contribution is 5.92. The van der Waals surface area contributed by atoms with E-state index in [0.29, 0.717) is 19.6 Å². The van der Waals surface area contributed by atoms with Crippen LogP contribution in [0.15, 0.2) is 79.0 Å². The Balaban J connectivity index is 1.49. The minimum Gasteiger partial charge on any atom is -0.478 e. The highest BCUT2D eigenvalue weighted by Gasteiger charge is 2.27. The summed E-state index contributed by atoms with van der Waals surface area (Å²) in [6.07, 6.45) is 1.78. The molecular weight excluding hydrogens is 392 g/mol. The number of benzene rings is 2. The summed E-state index contributed by atoms with van der Waals surface area (Å²) >= 11 is 0. The summed E-state index contributed by atoms with van der Waals surface area (Å²) in [4.78, 5) is 34.7. The molecule has 0 bridgehead atoms. The zero-order valence-corrected chi connectivity index (χ0v) is 17.1. The van der Waals surface area contributed by atoms with Gasteiger partial charge in [-0.25, -0.2) is 14.6 Å². The van der Waals surface area contributed by atoms with E-state index in [1.807, 2.05) is 53.4 Å². The molecular formula is C24H24N4O3. The first-order valence-corrected chi connectivity index (χ1v) is 10.2. The summed E-state index contributed by atoms with van der Waals surface area (Å²) < 4.78 is 0. The van der Waals surface area contributed by atoms with E-state index < -0.39 is 5.97 Å². The van der Waals surface area contributed by atoms with Gasteiger partial charge in [0.1, 0.15) is 5.82 Å². The highest BCUT2D eigenvalue weighted by Crippen LogP contribution is 2.21. The smallest absolute Gasteiger partial charge is 0.335 e. The van der Waals surface area contributed by atoms with Crippen LogP contribution in [0.3, 0.4) is 0 Å². The lowest BCUT2D eigenvalue weighted by Crippen LogP contribution is -2.53. The molecule has 0 radical (unpaired) electrons. The third kappa shape index (κ3) is 4.83. The van der Waals surface area contributed by atoms with Crippen LogP contribution in [-0.4, -0.2) is 53.2 Å². The molecule has 0 spiro atoms. The van der Waals surface area contributed by atoms with Crippen LogP contribution >= 0.6 is 0 Å². The number of urea groups is 1. The van der Waals surface area contributed by atoms with Gasteiger partial charge in [0, 0.05) is 38.1 Å². The Morgan fingerprint density at radius 2 is 1.55 bits per heavy atom. The molecule has 1 aliphatic heterocycles. The number of amides is 2. The van der Waals surface area contributed by atoms with E-state index in [9.17, 15) is 9.59 Å². The van der Waals surface area contributed by atoms with Crippen molar-refractivity contribution < 1.29 is 14.7 Å². The van der Waals surface area contributed by atoms with Crippen molar-refractivity contribution in [1.29, 1.82) is 0 Å². The Hall–Kier alpha value is -3.87. The number of piperazine rings is 1. The van der Waals surface area contributed by atoms with Crippen molar-refractivity contribution >= 4 is 23.5 Å². The standard InChI is InChI=1S/C24H24N4O3/c29-23(30)20-11-9-19(10-12-20)18-28(21-6-2-1-3-7-21)24(31)27-16-14-26(15-17-27)22-8-4-5-13-25-22/h1-13H,14-18H2,(H,29,30). The fraction of sp³-hybridized carbons (Fsp3) is 0.208. The SMILES string of the molecule is O=C(O)c1ccc(CN(C(=O)N2CCN(c3ccccn3)CC2)c2ccccc2)cc1. The second-order valence-corrected chi connectivity index (χ2v) is 7.37. The van der Waals surface area contributed by atoms with E-state index in [1.54, 1.807) is 35.4 Å². The van der Waals surface area contributed by atoms with Crippen LogP contribution in [0.25, 0.3) is 0 Å². The van der Waals surface area contributed by atoms with Gasteiger partial charge in [0.05, 0.1) is 12.1 Å². The van der Waals surface area contributed by atoms with Gasteiger partial charge in [0.15, 0.2) is 0 Å². The first kappa shape index (κ1) is 20.4. The van der Waals surface area contributed by atoms with Crippen molar-refractivity contribution in [3.63, 3.8) is 0 Å². The third-order valence-corrected chi connectivity index (χ3v) is 5.36. The van der Waals surface area contributed by atoms with Crippen LogP contribution in [0.1, 0.15) is 15.9 Å². The molecule has 158 valence electrons. The average molecular weight is 416 g/mol. The van der Waals surface area contributed by atoms with E-state index in [0.717, 1.165) is 30.2 Å². The van der Waals surface area contributed by atoms with Gasteiger partial charge in [-0.05, 0) is 42.0 Å². The topological polar surface area (TPSA) is 77.0 Å². The summed E-state index contributed by atoms with van der Waals surface area (Å²) in [7, 11) is 0. The maximum atomic E-state index is 13.4. The molecule has 1 N–H and O–H groups in total. The molecule has 1 aliphatic rings. The number of pyridine rings is 1. The summed E-state index contributed by atoms with van der Waals surface area (Å²) in [5.74, 6) is -0.0404. The van der Waals surface area contributed by atoms with Gasteiger partial charge < -0.3 is 14.9 Å². The number of aromatic carboxylic acids is 1. The van der Waals surface area contributed by atoms with E-state index in [2.05, 4.69) is 9.88 Å². The van der Waals surface area contributed by atoms with Gasteiger partial charge >= 0.3 is 12.0 Å². The molecule has 0 saturated carbocycles. The molecule has 2 aromatic carbocycles. The molecule has 2 amide bonds. The Bertz CT molecular complexity index is 1020. The van der Waals surface area contributed by atoms with E-state index in [4.69, 9.17) is 5.11 Å². The number of para-hydroxylation sites is 1. The second kappa shape index (κ2) is 9.30. The minimum atomic E-state index is -0.965. The monoisotopic (exact) mass is 416 g/mol. The quantitative estimate of drug-likeness (QED) is 0.686. The van der Waals surface area contributed by atoms with E-state index >= 15 is 0 Å². The summed E-state index contributed by atoms with van der Waals surface area (Å²) in [5.41, 5.74) is 1.91. The number of nitrogens with zero attached hydrogens (tertiary/aromatic N) is 4. The zero-order chi connectivity index (χ0) is 21.6. The normalized spacial score (nSPS) is 13.7. The van der Waals surface area contributed by atoms with Gasteiger partial charge in [-0.1, -0.05) is 36.4 Å². The molecule has 4 rings (SSSR count). The summed E-state index contributed by atoms with van der Waals surface area (Å²) in [5, 5.41) is 9.12. The lowest BCUT2D eigenvalue weighted by atomic mass is 10.1. The maximum Gasteiger partial charge on any atom is 0.335 e. The molecule has 7 nitrogen and oxygen atoms in total. The fourth-order valence-electron chi connectivity index (χ4n) is 3.65. The van der Waals surface area contributed by atoms with E-state index in [-0.39, 0.29) is 11.6 Å². The summed E-state index contributed by atoms with van der Waals surface area (Å²) in [6.45, 7) is 3.02. The highest BCUT2D eigenvalue weighted by atomic mass is 16.4. The zero-order valence-electron chi connectivity index (χ0n) is 17.1. The van der Waals surface area contributed by atoms with Crippen molar-refractivity contribution in [1.82, 2.24) is 9.88 Å². The molecule has 7 heteroatoms. The first-order chi connectivity index (χ1) is 15.1. The van der Waals surface area contributed by atoms with Gasteiger partial charge in [-0.2, -0.15) is 0 Å². The van der Waals surface area contributed by atoms with Gasteiger partial charge in [0.2, 0.25) is 0 Å². The Morgan fingerprint density at radius 3 is 2.16 bits per heavy atom. The van der Waals surface area contributed by atoms with Gasteiger partial charge in [0.25, 0.3) is 0 Å². The molecule has 1 fully saturated rings. The largest absolute Gasteiger partial charge is 0.478 e. The number of carbonyl (C=O) groups excluding carboxylic acids is 1. The number of carbonyl (C=O) groups is 2. The van der Waals surface area contributed by atoms with Crippen LogP contribution < -0.4 is 9.80 Å². The number of carboxylic acid groups (broad SMARTS) is 1. The number of rotatable bonds is 5. The van der Waals surface area contributed by atoms with Crippen LogP contribution in [0, 0.1) is 0 Å². The van der Waals surface area contributed by atoms with E-state index in [1.165, 1.54) is 0 Å². The Labute approximate surface area is 181 Å². The molecule has 0 unspecified atom stereocenters. The molecule has 2 heterocycles. The third-order valence-electron chi connectivity index (χ3n) is 5.36. The molecule has 3 aromatic rings. The van der Waals surface area contributed by atoms with Crippen molar-refractivity contribution in [2.45, 2.75) is 6.54 Å². The summed E-state index contributed by atoms with van der Waals surface area (Å²) in [6, 6.07) is 22.0. The Kier molecular flexibility index (Phi) is 6.12. The Morgan fingerprint density at radius 1 is 0.871 bits per heavy atom. The van der Waals surface area contributed by atoms with Crippen molar-refractivity contribution in [2.75, 3.05) is 36.0 Å².